The number of ether oxygens (including phenoxy) is 1. The van der Waals surface area contributed by atoms with Crippen LogP contribution in [0.3, 0.4) is 0 Å². The number of carbonyl (C=O) groups excluding carboxylic acids is 1. The number of pyridine rings is 1. The van der Waals surface area contributed by atoms with E-state index in [1.165, 1.54) is 7.11 Å². The van der Waals surface area contributed by atoms with Crippen LogP contribution in [0, 0.1) is 5.41 Å². The molecule has 1 aliphatic carbocycles. The van der Waals surface area contributed by atoms with Crippen LogP contribution in [-0.2, 0) is 4.74 Å². The van der Waals surface area contributed by atoms with Crippen molar-refractivity contribution in [2.45, 2.75) is 31.7 Å². The number of aromatic amines is 1. The van der Waals surface area contributed by atoms with Crippen LogP contribution in [0.4, 0.5) is 4.79 Å². The summed E-state index contributed by atoms with van der Waals surface area (Å²) < 4.78 is 4.84. The van der Waals surface area contributed by atoms with Crippen LogP contribution in [0.25, 0.3) is 5.57 Å². The molecule has 1 amide bonds. The summed E-state index contributed by atoms with van der Waals surface area (Å²) in [5.41, 5.74) is 2.26. The van der Waals surface area contributed by atoms with Gasteiger partial charge in [-0.3, -0.25) is 9.69 Å². The van der Waals surface area contributed by atoms with Crippen LogP contribution in [0.15, 0.2) is 29.2 Å². The third-order valence-corrected chi connectivity index (χ3v) is 6.13. The number of amides is 1. The van der Waals surface area contributed by atoms with E-state index >= 15 is 0 Å². The predicted molar refractivity (Wildman–Crippen MR) is 95.3 cm³/mol. The van der Waals surface area contributed by atoms with Gasteiger partial charge < -0.3 is 14.6 Å². The second-order valence-electron chi connectivity index (χ2n) is 7.59. The third kappa shape index (κ3) is 2.99. The summed E-state index contributed by atoms with van der Waals surface area (Å²) in [7, 11) is 1.45. The molecule has 1 saturated heterocycles. The van der Waals surface area contributed by atoms with Crippen molar-refractivity contribution in [3.8, 4) is 0 Å². The number of methoxy groups -OCH3 is 1. The van der Waals surface area contributed by atoms with Gasteiger partial charge in [0.15, 0.2) is 0 Å². The molecule has 25 heavy (non-hydrogen) atoms. The van der Waals surface area contributed by atoms with Crippen molar-refractivity contribution >= 4 is 11.7 Å². The lowest BCUT2D eigenvalue weighted by Crippen LogP contribution is -2.53. The first-order valence-electron chi connectivity index (χ1n) is 9.04. The summed E-state index contributed by atoms with van der Waals surface area (Å²) in [6, 6.07) is 4.38. The second kappa shape index (κ2) is 6.33. The van der Waals surface area contributed by atoms with Crippen molar-refractivity contribution in [3.05, 3.63) is 40.3 Å². The standard InChI is InChI=1S/C19H25N3O3/c1-25-18(24)22-10-6-19(13-22)11-15(12-19)21-8-4-14(5-9-21)16-3-2-7-20-17(16)23/h2-4,7,15H,5-6,8-13H2,1H3,(H,20,23). The van der Waals surface area contributed by atoms with Crippen LogP contribution >= 0.6 is 0 Å². The Morgan fingerprint density at radius 3 is 2.88 bits per heavy atom. The average Bonchev–Trinajstić information content (AvgIpc) is 3.06. The molecule has 0 aromatic carbocycles. The number of aromatic nitrogens is 1. The van der Waals surface area contributed by atoms with E-state index in [9.17, 15) is 9.59 Å². The Bertz CT molecular complexity index is 748. The number of hydrogen-bond acceptors (Lipinski definition) is 4. The minimum Gasteiger partial charge on any atom is -0.453 e. The van der Waals surface area contributed by atoms with E-state index in [-0.39, 0.29) is 11.7 Å². The molecule has 1 saturated carbocycles. The fraction of sp³-hybridized carbons (Fsp3) is 0.579. The van der Waals surface area contributed by atoms with E-state index in [4.69, 9.17) is 4.74 Å². The molecule has 0 radical (unpaired) electrons. The summed E-state index contributed by atoms with van der Waals surface area (Å²) in [4.78, 5) is 30.7. The maximum absolute atomic E-state index is 11.9. The minimum atomic E-state index is -0.195. The molecule has 6 nitrogen and oxygen atoms in total. The van der Waals surface area contributed by atoms with Crippen molar-refractivity contribution in [1.29, 1.82) is 0 Å². The molecular formula is C19H25N3O3. The van der Waals surface area contributed by atoms with Gasteiger partial charge in [-0.05, 0) is 48.8 Å². The van der Waals surface area contributed by atoms with E-state index in [1.54, 1.807) is 6.20 Å². The molecule has 1 aromatic rings. The molecule has 0 atom stereocenters. The van der Waals surface area contributed by atoms with Crippen LogP contribution < -0.4 is 5.56 Å². The molecule has 2 fully saturated rings. The Kier molecular flexibility index (Phi) is 4.15. The first-order chi connectivity index (χ1) is 12.1. The monoisotopic (exact) mass is 343 g/mol. The highest BCUT2D eigenvalue weighted by atomic mass is 16.5. The Morgan fingerprint density at radius 1 is 1.36 bits per heavy atom. The molecule has 134 valence electrons. The lowest BCUT2D eigenvalue weighted by molar-refractivity contribution is 0.0122. The van der Waals surface area contributed by atoms with E-state index in [2.05, 4.69) is 16.0 Å². The first-order valence-corrected chi connectivity index (χ1v) is 9.04. The topological polar surface area (TPSA) is 65.6 Å². The fourth-order valence-electron chi connectivity index (χ4n) is 4.69. The smallest absolute Gasteiger partial charge is 0.409 e. The molecule has 6 heteroatoms. The zero-order valence-electron chi connectivity index (χ0n) is 14.7. The van der Waals surface area contributed by atoms with E-state index in [0.717, 1.165) is 63.0 Å². The summed E-state index contributed by atoms with van der Waals surface area (Å²) in [5, 5.41) is 0. The molecule has 1 N–H and O–H groups in total. The first kappa shape index (κ1) is 16.4. The highest BCUT2D eigenvalue weighted by Gasteiger charge is 2.51. The molecule has 0 bridgehead atoms. The number of nitrogens with one attached hydrogen (secondary N) is 1. The zero-order chi connectivity index (χ0) is 17.4. The lowest BCUT2D eigenvalue weighted by atomic mass is 9.64. The van der Waals surface area contributed by atoms with Crippen molar-refractivity contribution in [2.75, 3.05) is 33.3 Å². The van der Waals surface area contributed by atoms with Crippen molar-refractivity contribution in [1.82, 2.24) is 14.8 Å². The van der Waals surface area contributed by atoms with Crippen molar-refractivity contribution in [3.63, 3.8) is 0 Å². The van der Waals surface area contributed by atoms with Gasteiger partial charge in [0.2, 0.25) is 0 Å². The summed E-state index contributed by atoms with van der Waals surface area (Å²) in [6.07, 6.45) is 8.02. The number of rotatable bonds is 2. The number of H-pyrrole nitrogens is 1. The van der Waals surface area contributed by atoms with Gasteiger partial charge in [0.25, 0.3) is 5.56 Å². The van der Waals surface area contributed by atoms with Crippen molar-refractivity contribution in [2.24, 2.45) is 5.41 Å². The van der Waals surface area contributed by atoms with Crippen LogP contribution in [0.1, 0.15) is 31.2 Å². The molecular weight excluding hydrogens is 318 g/mol. The Morgan fingerprint density at radius 2 is 2.20 bits per heavy atom. The van der Waals surface area contributed by atoms with E-state index in [0.29, 0.717) is 11.5 Å². The fourth-order valence-corrected chi connectivity index (χ4v) is 4.69. The van der Waals surface area contributed by atoms with Gasteiger partial charge in [-0.25, -0.2) is 4.79 Å². The Labute approximate surface area is 147 Å². The molecule has 0 unspecified atom stereocenters. The quantitative estimate of drug-likeness (QED) is 0.893. The molecule has 2 aliphatic heterocycles. The van der Waals surface area contributed by atoms with Gasteiger partial charge in [-0.15, -0.1) is 0 Å². The summed E-state index contributed by atoms with van der Waals surface area (Å²) in [6.45, 7) is 3.57. The maximum atomic E-state index is 11.9. The second-order valence-corrected chi connectivity index (χ2v) is 7.59. The van der Waals surface area contributed by atoms with Crippen LogP contribution in [0.2, 0.25) is 0 Å². The number of hydrogen-bond donors (Lipinski definition) is 1. The third-order valence-electron chi connectivity index (χ3n) is 6.13. The normalized spacial score (nSPS) is 29.4. The molecule has 3 aliphatic rings. The average molecular weight is 343 g/mol. The maximum Gasteiger partial charge on any atom is 0.409 e. The highest BCUT2D eigenvalue weighted by Crippen LogP contribution is 2.50. The molecule has 1 aromatic heterocycles. The van der Waals surface area contributed by atoms with Gasteiger partial charge in [0.1, 0.15) is 0 Å². The van der Waals surface area contributed by atoms with Crippen LogP contribution in [0.5, 0.6) is 0 Å². The van der Waals surface area contributed by atoms with Crippen LogP contribution in [-0.4, -0.2) is 60.2 Å². The van der Waals surface area contributed by atoms with Gasteiger partial charge in [0, 0.05) is 44.0 Å². The molecule has 3 heterocycles. The SMILES string of the molecule is COC(=O)N1CCC2(CC(N3CC=C(c4ccc[nH]c4=O)CC3)C2)C1. The number of likely N-dealkylation sites (tertiary alicyclic amines) is 1. The summed E-state index contributed by atoms with van der Waals surface area (Å²) in [5.74, 6) is 0. The lowest BCUT2D eigenvalue weighted by Gasteiger charge is -2.50. The highest BCUT2D eigenvalue weighted by molar-refractivity contribution is 5.68. The van der Waals surface area contributed by atoms with Gasteiger partial charge in [0.05, 0.1) is 7.11 Å². The Balaban J connectivity index is 1.34. The summed E-state index contributed by atoms with van der Waals surface area (Å²) >= 11 is 0. The predicted octanol–water partition coefficient (Wildman–Crippen LogP) is 2.08. The van der Waals surface area contributed by atoms with Gasteiger partial charge in [-0.2, -0.15) is 0 Å². The van der Waals surface area contributed by atoms with Gasteiger partial charge >= 0.3 is 6.09 Å². The largest absolute Gasteiger partial charge is 0.453 e. The molecule has 1 spiro atoms. The Hall–Kier alpha value is -2.08. The van der Waals surface area contributed by atoms with Gasteiger partial charge in [-0.1, -0.05) is 6.08 Å². The minimum absolute atomic E-state index is 0.00125. The van der Waals surface area contributed by atoms with E-state index in [1.807, 2.05) is 17.0 Å². The number of nitrogens with zero attached hydrogens (tertiary/aromatic N) is 2. The van der Waals surface area contributed by atoms with Crippen molar-refractivity contribution < 1.29 is 9.53 Å². The van der Waals surface area contributed by atoms with E-state index < -0.39 is 0 Å². The zero-order valence-corrected chi connectivity index (χ0v) is 14.7. The molecule has 4 rings (SSSR count). The number of carbonyl (C=O) groups is 1.